The lowest BCUT2D eigenvalue weighted by Crippen LogP contribution is -2.01. The van der Waals surface area contributed by atoms with E-state index in [4.69, 9.17) is 23.2 Å². The number of nitrogens with one attached hydrogen (secondary N) is 1. The van der Waals surface area contributed by atoms with Crippen molar-refractivity contribution in [1.29, 1.82) is 0 Å². The fourth-order valence-electron chi connectivity index (χ4n) is 1.51. The van der Waals surface area contributed by atoms with Crippen molar-refractivity contribution in [3.63, 3.8) is 0 Å². The van der Waals surface area contributed by atoms with Crippen molar-refractivity contribution in [3.05, 3.63) is 62.3 Å². The molecule has 0 aliphatic heterocycles. The first-order valence-electron chi connectivity index (χ1n) is 5.20. The molecule has 1 N–H and O–H groups in total. The molecule has 0 saturated carbocycles. The second kappa shape index (κ2) is 5.91. The molecule has 2 aromatic carbocycles. The van der Waals surface area contributed by atoms with E-state index in [1.54, 1.807) is 24.3 Å². The summed E-state index contributed by atoms with van der Waals surface area (Å²) in [6.45, 7) is 0.426. The summed E-state index contributed by atoms with van der Waals surface area (Å²) in [5.74, 6) is -0.416. The maximum atomic E-state index is 13.3. The third-order valence-electron chi connectivity index (χ3n) is 2.43. The van der Waals surface area contributed by atoms with Gasteiger partial charge in [0.15, 0.2) is 0 Å². The van der Waals surface area contributed by atoms with Gasteiger partial charge >= 0.3 is 0 Å². The molecule has 18 heavy (non-hydrogen) atoms. The minimum absolute atomic E-state index is 0.142. The Kier molecular flexibility index (Phi) is 4.49. The van der Waals surface area contributed by atoms with Crippen LogP contribution in [0.2, 0.25) is 10.0 Å². The lowest BCUT2D eigenvalue weighted by molar-refractivity contribution is 0.626. The molecule has 0 spiro atoms. The highest BCUT2D eigenvalue weighted by molar-refractivity contribution is 9.10. The van der Waals surface area contributed by atoms with Gasteiger partial charge in [0, 0.05) is 16.0 Å². The average Bonchev–Trinajstić information content (AvgIpc) is 2.35. The van der Waals surface area contributed by atoms with Crippen molar-refractivity contribution < 1.29 is 4.39 Å². The molecule has 2 aromatic rings. The molecule has 0 radical (unpaired) electrons. The number of hydrogen-bond acceptors (Lipinski definition) is 1. The van der Waals surface area contributed by atoms with E-state index in [1.807, 2.05) is 6.07 Å². The molecule has 1 nitrogen and oxygen atoms in total. The van der Waals surface area contributed by atoms with Gasteiger partial charge in [-0.3, -0.25) is 0 Å². The van der Waals surface area contributed by atoms with Crippen LogP contribution in [0.25, 0.3) is 0 Å². The van der Waals surface area contributed by atoms with Crippen molar-refractivity contribution >= 4 is 44.8 Å². The lowest BCUT2D eigenvalue weighted by Gasteiger charge is -2.10. The zero-order chi connectivity index (χ0) is 13.1. The third kappa shape index (κ3) is 3.16. The van der Waals surface area contributed by atoms with Crippen LogP contribution in [0.4, 0.5) is 10.1 Å². The fourth-order valence-corrected chi connectivity index (χ4v) is 2.26. The Balaban J connectivity index is 2.16. The van der Waals surface area contributed by atoms with Crippen LogP contribution < -0.4 is 5.32 Å². The molecule has 2 rings (SSSR count). The monoisotopic (exact) mass is 347 g/mol. The Labute approximate surface area is 123 Å². The Morgan fingerprint density at radius 3 is 2.72 bits per heavy atom. The molecule has 0 amide bonds. The molecule has 0 saturated heterocycles. The maximum Gasteiger partial charge on any atom is 0.142 e. The van der Waals surface area contributed by atoms with Gasteiger partial charge in [0.05, 0.1) is 10.7 Å². The van der Waals surface area contributed by atoms with Crippen LogP contribution in [0, 0.1) is 5.82 Å². The lowest BCUT2D eigenvalue weighted by atomic mass is 10.2. The van der Waals surface area contributed by atoms with Gasteiger partial charge in [0.25, 0.3) is 0 Å². The maximum absolute atomic E-state index is 13.3. The highest BCUT2D eigenvalue weighted by atomic mass is 79.9. The average molecular weight is 349 g/mol. The molecule has 94 valence electrons. The first-order valence-corrected chi connectivity index (χ1v) is 6.74. The Morgan fingerprint density at radius 1 is 1.17 bits per heavy atom. The predicted molar refractivity (Wildman–Crippen MR) is 77.9 cm³/mol. The highest BCUT2D eigenvalue weighted by Crippen LogP contribution is 2.27. The molecule has 0 bridgehead atoms. The highest BCUT2D eigenvalue weighted by Gasteiger charge is 2.06. The van der Waals surface area contributed by atoms with Crippen molar-refractivity contribution in [3.8, 4) is 0 Å². The zero-order valence-electron chi connectivity index (χ0n) is 9.18. The number of benzene rings is 2. The second-order valence-electron chi connectivity index (χ2n) is 3.69. The number of rotatable bonds is 3. The first-order chi connectivity index (χ1) is 8.58. The minimum Gasteiger partial charge on any atom is -0.380 e. The summed E-state index contributed by atoms with van der Waals surface area (Å²) in [5, 5.41) is 3.93. The van der Waals surface area contributed by atoms with Gasteiger partial charge < -0.3 is 5.32 Å². The standard InChI is InChI=1S/C13H9BrCl2FN/c14-10-5-4-9(15)6-12(10)18-7-8-2-1-3-11(17)13(8)16/h1-6,18H,7H2. The fraction of sp³-hybridized carbons (Fsp3) is 0.0769. The third-order valence-corrected chi connectivity index (χ3v) is 3.78. The van der Waals surface area contributed by atoms with E-state index in [1.165, 1.54) is 6.07 Å². The van der Waals surface area contributed by atoms with E-state index >= 15 is 0 Å². The zero-order valence-corrected chi connectivity index (χ0v) is 12.3. The van der Waals surface area contributed by atoms with Crippen molar-refractivity contribution in [2.75, 3.05) is 5.32 Å². The Morgan fingerprint density at radius 2 is 1.94 bits per heavy atom. The topological polar surface area (TPSA) is 12.0 Å². The summed E-state index contributed by atoms with van der Waals surface area (Å²) in [4.78, 5) is 0. The van der Waals surface area contributed by atoms with E-state index < -0.39 is 5.82 Å². The number of hydrogen-bond donors (Lipinski definition) is 1. The molecule has 0 aliphatic carbocycles. The summed E-state index contributed by atoms with van der Waals surface area (Å²) in [5.41, 5.74) is 1.53. The van der Waals surface area contributed by atoms with E-state index in [-0.39, 0.29) is 5.02 Å². The quantitative estimate of drug-likeness (QED) is 0.771. The van der Waals surface area contributed by atoms with Gasteiger partial charge in [-0.2, -0.15) is 0 Å². The molecule has 0 heterocycles. The van der Waals surface area contributed by atoms with E-state index in [9.17, 15) is 4.39 Å². The van der Waals surface area contributed by atoms with Crippen molar-refractivity contribution in [1.82, 2.24) is 0 Å². The summed E-state index contributed by atoms with van der Waals surface area (Å²) in [6.07, 6.45) is 0. The van der Waals surface area contributed by atoms with Gasteiger partial charge in [0.1, 0.15) is 5.82 Å². The molecule has 0 fully saturated rings. The van der Waals surface area contributed by atoms with Crippen LogP contribution in [0.3, 0.4) is 0 Å². The largest absolute Gasteiger partial charge is 0.380 e. The molecule has 0 aromatic heterocycles. The summed E-state index contributed by atoms with van der Waals surface area (Å²) < 4.78 is 14.1. The van der Waals surface area contributed by atoms with Crippen LogP contribution >= 0.6 is 39.1 Å². The molecule has 5 heteroatoms. The van der Waals surface area contributed by atoms with Crippen molar-refractivity contribution in [2.24, 2.45) is 0 Å². The summed E-state index contributed by atoms with van der Waals surface area (Å²) in [7, 11) is 0. The number of halogens is 4. The molecular weight excluding hydrogens is 340 g/mol. The normalized spacial score (nSPS) is 10.4. The number of anilines is 1. The molecular formula is C13H9BrCl2FN. The van der Waals surface area contributed by atoms with Gasteiger partial charge in [-0.1, -0.05) is 35.3 Å². The first kappa shape index (κ1) is 13.7. The van der Waals surface area contributed by atoms with E-state index in [0.29, 0.717) is 17.1 Å². The molecule has 0 aliphatic rings. The summed E-state index contributed by atoms with van der Waals surface area (Å²) >= 11 is 15.2. The van der Waals surface area contributed by atoms with Gasteiger partial charge in [0.2, 0.25) is 0 Å². The van der Waals surface area contributed by atoms with Gasteiger partial charge in [-0.25, -0.2) is 4.39 Å². The Hall–Kier alpha value is -0.770. The van der Waals surface area contributed by atoms with Crippen LogP contribution in [-0.2, 0) is 6.54 Å². The molecule has 0 unspecified atom stereocenters. The smallest absolute Gasteiger partial charge is 0.142 e. The van der Waals surface area contributed by atoms with Crippen LogP contribution in [0.1, 0.15) is 5.56 Å². The van der Waals surface area contributed by atoms with E-state index in [0.717, 1.165) is 10.2 Å². The van der Waals surface area contributed by atoms with Crippen molar-refractivity contribution in [2.45, 2.75) is 6.54 Å². The summed E-state index contributed by atoms with van der Waals surface area (Å²) in [6, 6.07) is 10.2. The second-order valence-corrected chi connectivity index (χ2v) is 5.36. The van der Waals surface area contributed by atoms with Gasteiger partial charge in [-0.05, 0) is 45.8 Å². The SMILES string of the molecule is Fc1cccc(CNc2cc(Cl)ccc2Br)c1Cl. The van der Waals surface area contributed by atoms with E-state index in [2.05, 4.69) is 21.2 Å². The Bertz CT molecular complexity index is 573. The van der Waals surface area contributed by atoms with Gasteiger partial charge in [-0.15, -0.1) is 0 Å². The predicted octanol–water partition coefficient (Wildman–Crippen LogP) is 5.51. The minimum atomic E-state index is -0.416. The van der Waals surface area contributed by atoms with Crippen LogP contribution in [-0.4, -0.2) is 0 Å². The van der Waals surface area contributed by atoms with Crippen LogP contribution in [0.15, 0.2) is 40.9 Å². The van der Waals surface area contributed by atoms with Crippen LogP contribution in [0.5, 0.6) is 0 Å². The molecule has 0 atom stereocenters.